The number of rotatable bonds is 20. The topological polar surface area (TPSA) is 248 Å². The Hall–Kier alpha value is 1.61. The van der Waals surface area contributed by atoms with E-state index in [4.69, 9.17) is 65.3 Å². The molecule has 10 N–H and O–H groups in total. The molecule has 0 heterocycles. The summed E-state index contributed by atoms with van der Waals surface area (Å²) < 4.78 is 23.8. The molecule has 15 nitrogen and oxygen atoms in total. The number of ether oxygens (including phenoxy) is 5. The summed E-state index contributed by atoms with van der Waals surface area (Å²) in [6.45, 7) is 6.09. The van der Waals surface area contributed by atoms with Crippen LogP contribution in [0.25, 0.3) is 0 Å². The molecule has 0 atom stereocenters. The Morgan fingerprint density at radius 1 is 0.450 bits per heavy atom. The van der Waals surface area contributed by atoms with Crippen LogP contribution in [0.4, 0.5) is 0 Å². The van der Waals surface area contributed by atoms with Crippen molar-refractivity contribution in [2.24, 2.45) is 10.8 Å². The van der Waals surface area contributed by atoms with E-state index in [-0.39, 0.29) is 152 Å². The van der Waals surface area contributed by atoms with E-state index < -0.39 is 10.8 Å². The zero-order valence-electron chi connectivity index (χ0n) is 24.3. The van der Waals surface area contributed by atoms with Crippen LogP contribution < -0.4 is 0 Å². The molecule has 0 aromatic rings. The average molecular weight is 746 g/mol. The maximum atomic E-state index is 8.48. The van der Waals surface area contributed by atoms with Gasteiger partial charge in [0.05, 0.1) is 39.6 Å². The van der Waals surface area contributed by atoms with E-state index in [9.17, 15) is 0 Å². The van der Waals surface area contributed by atoms with Crippen molar-refractivity contribution in [3.8, 4) is 0 Å². The molecule has 0 aliphatic heterocycles. The first-order valence-corrected chi connectivity index (χ1v) is 11.6. The molecule has 0 bridgehead atoms. The van der Waals surface area contributed by atoms with Crippen molar-refractivity contribution in [3.05, 3.63) is 11.8 Å². The van der Waals surface area contributed by atoms with Gasteiger partial charge in [-0.2, -0.15) is 13.8 Å². The summed E-state index contributed by atoms with van der Waals surface area (Å²) in [7, 11) is 0. The van der Waals surface area contributed by atoms with Crippen molar-refractivity contribution < 1.29 is 140 Å². The minimum Gasteiger partial charge on any atom is -0.428 e. The van der Waals surface area contributed by atoms with Gasteiger partial charge in [-0.15, -0.1) is 0 Å². The van der Waals surface area contributed by atoms with Crippen LogP contribution in [0.2, 0.25) is 0 Å². The minimum absolute atomic E-state index is 0. The Labute approximate surface area is 288 Å². The van der Waals surface area contributed by atoms with Gasteiger partial charge in [-0.3, -0.25) is 11.8 Å². The van der Waals surface area contributed by atoms with Crippen molar-refractivity contribution in [1.29, 1.82) is 0 Å². The maximum absolute atomic E-state index is 8.48. The second-order valence-corrected chi connectivity index (χ2v) is 8.71. The molecule has 0 saturated carbocycles. The van der Waals surface area contributed by atoms with Gasteiger partial charge < -0.3 is 74.7 Å². The molecule has 0 saturated heterocycles. The number of aliphatic hydroxyl groups is 10. The van der Waals surface area contributed by atoms with Gasteiger partial charge in [-0.05, 0) is 0 Å². The van der Waals surface area contributed by atoms with Gasteiger partial charge in [0, 0.05) is 76.2 Å². The molecule has 0 unspecified atom stereocenters. The quantitative estimate of drug-likeness (QED) is 0.0439. The van der Waals surface area contributed by atoms with Crippen LogP contribution in [0.1, 0.15) is 27.7 Å². The fraction of sp³-hybridized carbons (Fsp3) is 0.913. The summed E-state index contributed by atoms with van der Waals surface area (Å²) in [5, 5.41) is 83.5. The van der Waals surface area contributed by atoms with Gasteiger partial charge in [0.2, 0.25) is 0 Å². The molecule has 2 radical (unpaired) electrons. The molecular formula is C23H52O15Y2-2. The molecule has 17 heteroatoms. The van der Waals surface area contributed by atoms with Crippen molar-refractivity contribution in [2.45, 2.75) is 27.7 Å². The van der Waals surface area contributed by atoms with Gasteiger partial charge >= 0.3 is 0 Å². The SMILES string of the molecule is CC(CO)(CO)CO.CC(COCO)(COCO)COCO.C[C-](CO)CO.C[C-](COCO)COCO.[Y].[Y]. The predicted octanol–water partition coefficient (Wildman–Crippen LogP) is -3.06. The third-order valence-corrected chi connectivity index (χ3v) is 4.19. The first-order chi connectivity index (χ1) is 18.0. The van der Waals surface area contributed by atoms with Crippen LogP contribution in [0, 0.1) is 22.7 Å². The van der Waals surface area contributed by atoms with Crippen molar-refractivity contribution >= 4 is 0 Å². The van der Waals surface area contributed by atoms with E-state index in [1.54, 1.807) is 20.8 Å². The second-order valence-electron chi connectivity index (χ2n) is 8.71. The van der Waals surface area contributed by atoms with Crippen molar-refractivity contribution in [2.75, 3.05) is 100 Å². The smallest absolute Gasteiger partial charge is 0.143 e. The third kappa shape index (κ3) is 41.7. The monoisotopic (exact) mass is 746 g/mol. The third-order valence-electron chi connectivity index (χ3n) is 4.19. The van der Waals surface area contributed by atoms with Gasteiger partial charge in [0.25, 0.3) is 0 Å². The summed E-state index contributed by atoms with van der Waals surface area (Å²) in [5.74, 6) is 1.64. The first kappa shape index (κ1) is 54.1. The first-order valence-electron chi connectivity index (χ1n) is 11.6. The van der Waals surface area contributed by atoms with Gasteiger partial charge in [-0.1, -0.05) is 40.3 Å². The summed E-state index contributed by atoms with van der Waals surface area (Å²) in [6, 6.07) is 0. The van der Waals surface area contributed by atoms with Crippen molar-refractivity contribution in [3.63, 3.8) is 0 Å². The van der Waals surface area contributed by atoms with E-state index in [1.165, 1.54) is 0 Å². The fourth-order valence-corrected chi connectivity index (χ4v) is 1.68. The summed E-state index contributed by atoms with van der Waals surface area (Å²) >= 11 is 0. The molecule has 242 valence electrons. The van der Waals surface area contributed by atoms with Crippen LogP contribution in [0.3, 0.4) is 0 Å². The zero-order chi connectivity index (χ0) is 30.3. The standard InChI is InChI=1S/C8H18O6.C6H13O4.C5H12O3.C4H9O2.2Y/c1-8(2-12-5-9,3-13-6-10)4-14-7-11;1-6(2-9-4-7)3-10-5-8;1-5(2-6,3-7)4-8;1-4(2-5)3-6;;/h9-11H,2-7H2,1H3;7-8H,2-5H2,1H3;6-8H,2-4H2,1H3;5-6H,2-3H2,1H3;;/q;-1;;-1;;. The molecule has 0 aromatic heterocycles. The molecule has 0 spiro atoms. The Balaban J connectivity index is -0.0000000991. The fourth-order valence-electron chi connectivity index (χ4n) is 1.68. The van der Waals surface area contributed by atoms with E-state index >= 15 is 0 Å². The van der Waals surface area contributed by atoms with Crippen LogP contribution in [0.5, 0.6) is 0 Å². The summed E-state index contributed by atoms with van der Waals surface area (Å²) in [5.41, 5.74) is -1.20. The van der Waals surface area contributed by atoms with Crippen molar-refractivity contribution in [1.82, 2.24) is 0 Å². The van der Waals surface area contributed by atoms with Gasteiger partial charge in [0.15, 0.2) is 0 Å². The summed E-state index contributed by atoms with van der Waals surface area (Å²) in [4.78, 5) is 0. The molecule has 0 aliphatic rings. The molecule has 0 aromatic carbocycles. The second kappa shape index (κ2) is 40.6. The van der Waals surface area contributed by atoms with E-state index in [0.29, 0.717) is 19.1 Å². The minimum atomic E-state index is -0.708. The Morgan fingerprint density at radius 2 is 0.725 bits per heavy atom. The average Bonchev–Trinajstić information content (AvgIpc) is 2.95. The number of hydrogen-bond acceptors (Lipinski definition) is 15. The van der Waals surface area contributed by atoms with E-state index in [1.807, 2.05) is 6.92 Å². The van der Waals surface area contributed by atoms with Crippen LogP contribution in [0.15, 0.2) is 0 Å². The Bertz CT molecular complexity index is 397. The Kier molecular flexibility index (Phi) is 54.9. The van der Waals surface area contributed by atoms with E-state index in [0.717, 1.165) is 5.92 Å². The molecule has 40 heavy (non-hydrogen) atoms. The maximum Gasteiger partial charge on any atom is 0.143 e. The Morgan fingerprint density at radius 3 is 0.875 bits per heavy atom. The normalized spacial score (nSPS) is 10.8. The van der Waals surface area contributed by atoms with Crippen LogP contribution in [-0.4, -0.2) is 151 Å². The summed E-state index contributed by atoms with van der Waals surface area (Å²) in [6.07, 6.45) is 0. The van der Waals surface area contributed by atoms with Gasteiger partial charge in [-0.25, -0.2) is 0 Å². The largest absolute Gasteiger partial charge is 0.428 e. The van der Waals surface area contributed by atoms with E-state index in [2.05, 4.69) is 9.47 Å². The molecular weight excluding hydrogens is 694 g/mol. The number of aliphatic hydroxyl groups excluding tert-OH is 10. The van der Waals surface area contributed by atoms with Crippen LogP contribution >= 0.6 is 0 Å². The predicted molar refractivity (Wildman–Crippen MR) is 135 cm³/mol. The molecule has 0 fully saturated rings. The van der Waals surface area contributed by atoms with Gasteiger partial charge in [0.1, 0.15) is 34.0 Å². The zero-order valence-corrected chi connectivity index (χ0v) is 30.0. The molecule has 0 aliphatic carbocycles. The number of hydrogen-bond donors (Lipinski definition) is 10. The van der Waals surface area contributed by atoms with Crippen LogP contribution in [-0.2, 0) is 89.1 Å². The molecule has 0 rings (SSSR count). The molecule has 0 amide bonds.